The first-order valence-electron chi connectivity index (χ1n) is 5.02. The number of rotatable bonds is 2. The number of hydrogen-bond donors (Lipinski definition) is 0. The lowest BCUT2D eigenvalue weighted by Gasteiger charge is -2.08. The maximum atomic E-state index is 13.8. The predicted molar refractivity (Wildman–Crippen MR) is 63.4 cm³/mol. The maximum Gasteiger partial charge on any atom is 0.152 e. The molecule has 2 aromatic rings. The monoisotopic (exact) mass is 252 g/mol. The topological polar surface area (TPSA) is 34.9 Å². The summed E-state index contributed by atoms with van der Waals surface area (Å²) in [5.74, 6) is -0.503. The van der Waals surface area contributed by atoms with E-state index in [2.05, 4.69) is 5.10 Å². The molecule has 0 radical (unpaired) electrons. The molecule has 3 nitrogen and oxygen atoms in total. The van der Waals surface area contributed by atoms with E-state index in [0.29, 0.717) is 22.7 Å². The van der Waals surface area contributed by atoms with E-state index in [1.165, 1.54) is 22.9 Å². The van der Waals surface area contributed by atoms with Gasteiger partial charge in [-0.1, -0.05) is 17.7 Å². The summed E-state index contributed by atoms with van der Waals surface area (Å²) in [6.07, 6.45) is 0.600. The fourth-order valence-corrected chi connectivity index (χ4v) is 1.81. The number of hydrogen-bond acceptors (Lipinski definition) is 2. The Morgan fingerprint density at radius 2 is 2.12 bits per heavy atom. The number of carbonyl (C=O) groups excluding carboxylic acids is 1. The number of benzene rings is 1. The molecule has 1 heterocycles. The quantitative estimate of drug-likeness (QED) is 0.770. The number of halogens is 2. The zero-order valence-electron chi connectivity index (χ0n) is 9.37. The third-order valence-electron chi connectivity index (χ3n) is 2.56. The molecule has 0 amide bonds. The average molecular weight is 253 g/mol. The molecule has 2 rings (SSSR count). The lowest BCUT2D eigenvalue weighted by Crippen LogP contribution is -2.06. The molecule has 1 aromatic heterocycles. The number of nitrogens with zero attached hydrogens (tertiary/aromatic N) is 2. The van der Waals surface area contributed by atoms with Crippen LogP contribution in [0.4, 0.5) is 4.39 Å². The van der Waals surface area contributed by atoms with Crippen molar-refractivity contribution in [3.8, 4) is 5.69 Å². The van der Waals surface area contributed by atoms with E-state index in [-0.39, 0.29) is 11.3 Å². The van der Waals surface area contributed by atoms with Gasteiger partial charge >= 0.3 is 0 Å². The molecular formula is C12H10ClFN2O. The van der Waals surface area contributed by atoms with E-state index in [1.807, 2.05) is 0 Å². The Labute approximate surface area is 103 Å². The molecule has 88 valence electrons. The highest BCUT2D eigenvalue weighted by molar-refractivity contribution is 6.31. The number of para-hydroxylation sites is 1. The zero-order valence-corrected chi connectivity index (χ0v) is 10.1. The standard InChI is InChI=1S/C12H10ClFN2O/c1-7-11(13)8(2)16(15-7)12-9(6-17)4-3-5-10(12)14/h3-6H,1-2H3. The number of carbonyl (C=O) groups is 1. The SMILES string of the molecule is Cc1nn(-c2c(F)cccc2C=O)c(C)c1Cl. The van der Waals surface area contributed by atoms with Gasteiger partial charge in [0.25, 0.3) is 0 Å². The molecule has 1 aromatic carbocycles. The van der Waals surface area contributed by atoms with Gasteiger partial charge in [0.15, 0.2) is 6.29 Å². The maximum absolute atomic E-state index is 13.8. The smallest absolute Gasteiger partial charge is 0.152 e. The molecule has 0 N–H and O–H groups in total. The van der Waals surface area contributed by atoms with Crippen LogP contribution in [0.3, 0.4) is 0 Å². The Hall–Kier alpha value is -1.68. The largest absolute Gasteiger partial charge is 0.298 e. The minimum absolute atomic E-state index is 0.134. The zero-order chi connectivity index (χ0) is 12.6. The van der Waals surface area contributed by atoms with Crippen molar-refractivity contribution >= 4 is 17.9 Å². The van der Waals surface area contributed by atoms with Crippen LogP contribution in [0.25, 0.3) is 5.69 Å². The van der Waals surface area contributed by atoms with Crippen LogP contribution in [0.1, 0.15) is 21.7 Å². The van der Waals surface area contributed by atoms with Crippen LogP contribution in [-0.4, -0.2) is 16.1 Å². The Bertz CT molecular complexity index is 592. The van der Waals surface area contributed by atoms with E-state index in [4.69, 9.17) is 11.6 Å². The Balaban J connectivity index is 2.76. The first-order valence-corrected chi connectivity index (χ1v) is 5.40. The summed E-state index contributed by atoms with van der Waals surface area (Å²) in [5, 5.41) is 4.61. The second-order valence-corrected chi connectivity index (χ2v) is 4.07. The van der Waals surface area contributed by atoms with E-state index in [9.17, 15) is 9.18 Å². The van der Waals surface area contributed by atoms with Gasteiger partial charge in [0.1, 0.15) is 11.5 Å². The van der Waals surface area contributed by atoms with Gasteiger partial charge in [0, 0.05) is 5.56 Å². The summed E-state index contributed by atoms with van der Waals surface area (Å²) < 4.78 is 15.1. The Kier molecular flexibility index (Phi) is 2.98. The third-order valence-corrected chi connectivity index (χ3v) is 3.11. The van der Waals surface area contributed by atoms with Crippen LogP contribution in [0, 0.1) is 19.7 Å². The molecule has 0 saturated heterocycles. The van der Waals surface area contributed by atoms with Gasteiger partial charge in [-0.2, -0.15) is 5.10 Å². The summed E-state index contributed by atoms with van der Waals surface area (Å²) in [5.41, 5.74) is 1.59. The summed E-state index contributed by atoms with van der Waals surface area (Å²) in [6.45, 7) is 3.45. The van der Waals surface area contributed by atoms with E-state index in [1.54, 1.807) is 13.8 Å². The first-order chi connectivity index (χ1) is 8.06. The fourth-order valence-electron chi connectivity index (χ4n) is 1.69. The normalized spacial score (nSPS) is 10.6. The average Bonchev–Trinajstić information content (AvgIpc) is 2.56. The number of aryl methyl sites for hydroxylation is 1. The first kappa shape index (κ1) is 11.8. The summed E-state index contributed by atoms with van der Waals surface area (Å²) in [6, 6.07) is 4.30. The van der Waals surface area contributed by atoms with Crippen molar-refractivity contribution in [2.45, 2.75) is 13.8 Å². The summed E-state index contributed by atoms with van der Waals surface area (Å²) in [7, 11) is 0. The van der Waals surface area contributed by atoms with Crippen LogP contribution >= 0.6 is 11.6 Å². The van der Waals surface area contributed by atoms with Gasteiger partial charge in [-0.3, -0.25) is 4.79 Å². The highest BCUT2D eigenvalue weighted by atomic mass is 35.5. The molecule has 0 aliphatic rings. The Morgan fingerprint density at radius 1 is 1.41 bits per heavy atom. The molecule has 0 saturated carbocycles. The van der Waals surface area contributed by atoms with Gasteiger partial charge in [-0.25, -0.2) is 9.07 Å². The van der Waals surface area contributed by atoms with Gasteiger partial charge < -0.3 is 0 Å². The predicted octanol–water partition coefficient (Wildman–Crippen LogP) is 3.09. The summed E-state index contributed by atoms with van der Waals surface area (Å²) >= 11 is 6.00. The van der Waals surface area contributed by atoms with Gasteiger partial charge in [0.05, 0.1) is 16.4 Å². The van der Waals surface area contributed by atoms with E-state index < -0.39 is 5.82 Å². The highest BCUT2D eigenvalue weighted by Gasteiger charge is 2.16. The fraction of sp³-hybridized carbons (Fsp3) is 0.167. The van der Waals surface area contributed by atoms with Crippen molar-refractivity contribution in [3.05, 3.63) is 46.0 Å². The molecule has 0 fully saturated rings. The van der Waals surface area contributed by atoms with Crippen LogP contribution in [0.5, 0.6) is 0 Å². The van der Waals surface area contributed by atoms with Crippen LogP contribution in [0.15, 0.2) is 18.2 Å². The minimum atomic E-state index is -0.503. The van der Waals surface area contributed by atoms with Crippen LogP contribution in [-0.2, 0) is 0 Å². The summed E-state index contributed by atoms with van der Waals surface area (Å²) in [4.78, 5) is 10.9. The van der Waals surface area contributed by atoms with Crippen molar-refractivity contribution in [1.82, 2.24) is 9.78 Å². The lowest BCUT2D eigenvalue weighted by atomic mass is 10.2. The lowest BCUT2D eigenvalue weighted by molar-refractivity contribution is 0.112. The van der Waals surface area contributed by atoms with Crippen molar-refractivity contribution in [2.75, 3.05) is 0 Å². The second-order valence-electron chi connectivity index (χ2n) is 3.69. The van der Waals surface area contributed by atoms with Gasteiger partial charge in [0.2, 0.25) is 0 Å². The van der Waals surface area contributed by atoms with Crippen LogP contribution in [0.2, 0.25) is 5.02 Å². The van der Waals surface area contributed by atoms with Crippen LogP contribution < -0.4 is 0 Å². The molecule has 0 aliphatic heterocycles. The second kappa shape index (κ2) is 4.30. The van der Waals surface area contributed by atoms with Crippen molar-refractivity contribution in [2.24, 2.45) is 0 Å². The third kappa shape index (κ3) is 1.85. The van der Waals surface area contributed by atoms with E-state index >= 15 is 0 Å². The number of aromatic nitrogens is 2. The van der Waals surface area contributed by atoms with Crippen molar-refractivity contribution in [3.63, 3.8) is 0 Å². The molecule has 0 aliphatic carbocycles. The van der Waals surface area contributed by atoms with Gasteiger partial charge in [-0.15, -0.1) is 0 Å². The number of aldehydes is 1. The van der Waals surface area contributed by atoms with Crippen molar-refractivity contribution < 1.29 is 9.18 Å². The highest BCUT2D eigenvalue weighted by Crippen LogP contribution is 2.25. The molecule has 0 unspecified atom stereocenters. The molecule has 0 bridgehead atoms. The van der Waals surface area contributed by atoms with Gasteiger partial charge in [-0.05, 0) is 26.0 Å². The molecule has 0 spiro atoms. The molecule has 0 atom stereocenters. The Morgan fingerprint density at radius 3 is 2.65 bits per heavy atom. The van der Waals surface area contributed by atoms with E-state index in [0.717, 1.165) is 0 Å². The minimum Gasteiger partial charge on any atom is -0.298 e. The molecule has 5 heteroatoms. The molecule has 17 heavy (non-hydrogen) atoms. The molecular weight excluding hydrogens is 243 g/mol. The van der Waals surface area contributed by atoms with Crippen molar-refractivity contribution in [1.29, 1.82) is 0 Å².